The Morgan fingerprint density at radius 1 is 1.10 bits per heavy atom. The summed E-state index contributed by atoms with van der Waals surface area (Å²) in [6.07, 6.45) is 4.74. The average Bonchev–Trinajstić information content (AvgIpc) is 3.18. The molecule has 1 amide bonds. The highest BCUT2D eigenvalue weighted by Gasteiger charge is 2.23. The third-order valence-corrected chi connectivity index (χ3v) is 6.64. The van der Waals surface area contributed by atoms with Crippen LogP contribution in [0, 0.1) is 12.8 Å². The molecule has 0 radical (unpaired) electrons. The number of thioether (sulfide) groups is 1. The van der Waals surface area contributed by atoms with Gasteiger partial charge >= 0.3 is 0 Å². The minimum atomic E-state index is 0.0680. The first-order chi connectivity index (χ1) is 14.6. The lowest BCUT2D eigenvalue weighted by Crippen LogP contribution is -2.41. The molecule has 2 aromatic carbocycles. The first kappa shape index (κ1) is 20.7. The fraction of sp³-hybridized carbons (Fsp3) is 0.375. The number of para-hydroxylation sites is 1. The number of carbonyl (C=O) groups is 1. The maximum atomic E-state index is 12.6. The van der Waals surface area contributed by atoms with Crippen molar-refractivity contribution < 1.29 is 4.79 Å². The van der Waals surface area contributed by atoms with Crippen LogP contribution in [0.3, 0.4) is 0 Å². The number of aryl methyl sites for hydroxylation is 1. The summed E-state index contributed by atoms with van der Waals surface area (Å²) in [6.45, 7) is 4.30. The molecule has 6 heteroatoms. The van der Waals surface area contributed by atoms with Gasteiger partial charge in [0, 0.05) is 17.3 Å². The van der Waals surface area contributed by atoms with Gasteiger partial charge in [-0.25, -0.2) is 0 Å². The molecule has 156 valence electrons. The summed E-state index contributed by atoms with van der Waals surface area (Å²) in [6, 6.07) is 18.6. The van der Waals surface area contributed by atoms with Crippen molar-refractivity contribution in [3.8, 4) is 17.1 Å². The summed E-state index contributed by atoms with van der Waals surface area (Å²) in [5.41, 5.74) is 3.17. The van der Waals surface area contributed by atoms with Crippen LogP contribution < -0.4 is 5.32 Å². The van der Waals surface area contributed by atoms with Crippen molar-refractivity contribution in [3.63, 3.8) is 0 Å². The molecule has 1 aliphatic carbocycles. The molecule has 0 unspecified atom stereocenters. The van der Waals surface area contributed by atoms with E-state index in [9.17, 15) is 4.79 Å². The van der Waals surface area contributed by atoms with Gasteiger partial charge in [0.15, 0.2) is 11.0 Å². The molecule has 0 aliphatic heterocycles. The van der Waals surface area contributed by atoms with E-state index in [1.54, 1.807) is 0 Å². The predicted molar refractivity (Wildman–Crippen MR) is 122 cm³/mol. The van der Waals surface area contributed by atoms with Crippen LogP contribution >= 0.6 is 11.8 Å². The molecule has 5 nitrogen and oxygen atoms in total. The van der Waals surface area contributed by atoms with Gasteiger partial charge in [0.25, 0.3) is 0 Å². The largest absolute Gasteiger partial charge is 0.352 e. The van der Waals surface area contributed by atoms with Gasteiger partial charge in [-0.15, -0.1) is 10.2 Å². The summed E-state index contributed by atoms with van der Waals surface area (Å²) in [5.74, 6) is 1.74. The fourth-order valence-corrected chi connectivity index (χ4v) is 4.82. The van der Waals surface area contributed by atoms with Crippen LogP contribution in [0.15, 0.2) is 59.8 Å². The normalized spacial score (nSPS) is 18.9. The van der Waals surface area contributed by atoms with Gasteiger partial charge in [-0.05, 0) is 43.9 Å². The van der Waals surface area contributed by atoms with E-state index in [0.29, 0.717) is 17.7 Å². The summed E-state index contributed by atoms with van der Waals surface area (Å²) in [4.78, 5) is 12.6. The van der Waals surface area contributed by atoms with Gasteiger partial charge in [-0.1, -0.05) is 73.5 Å². The lowest BCUT2D eigenvalue weighted by atomic mass is 9.86. The predicted octanol–water partition coefficient (Wildman–Crippen LogP) is 5.03. The highest BCUT2D eigenvalue weighted by Crippen LogP contribution is 2.29. The number of aromatic nitrogens is 3. The Hall–Kier alpha value is -2.60. The molecule has 0 saturated heterocycles. The van der Waals surface area contributed by atoms with Crippen LogP contribution in [0.4, 0.5) is 0 Å². The SMILES string of the molecule is Cc1cccc(-c2nnc(SCC(=O)N[C@H]3CCCC[C@H]3C)n2-c2ccccc2)c1. The molecule has 30 heavy (non-hydrogen) atoms. The van der Waals surface area contributed by atoms with E-state index in [2.05, 4.69) is 41.5 Å². The van der Waals surface area contributed by atoms with Crippen molar-refractivity contribution >= 4 is 17.7 Å². The Morgan fingerprint density at radius 2 is 1.90 bits per heavy atom. The van der Waals surface area contributed by atoms with Crippen molar-refractivity contribution in [2.75, 3.05) is 5.75 Å². The third-order valence-electron chi connectivity index (χ3n) is 5.71. The lowest BCUT2D eigenvalue weighted by molar-refractivity contribution is -0.119. The van der Waals surface area contributed by atoms with E-state index in [1.165, 1.54) is 36.6 Å². The molecule has 1 aromatic heterocycles. The van der Waals surface area contributed by atoms with Gasteiger partial charge in [-0.3, -0.25) is 9.36 Å². The highest BCUT2D eigenvalue weighted by atomic mass is 32.2. The number of nitrogens with one attached hydrogen (secondary N) is 1. The molecule has 1 fully saturated rings. The number of benzene rings is 2. The second-order valence-corrected chi connectivity index (χ2v) is 9.01. The van der Waals surface area contributed by atoms with Crippen molar-refractivity contribution in [1.82, 2.24) is 20.1 Å². The smallest absolute Gasteiger partial charge is 0.230 e. The van der Waals surface area contributed by atoms with Gasteiger partial charge in [-0.2, -0.15) is 0 Å². The molecular formula is C24H28N4OS. The number of nitrogens with zero attached hydrogens (tertiary/aromatic N) is 3. The molecule has 4 rings (SSSR count). The molecule has 3 aromatic rings. The number of amides is 1. The second kappa shape index (κ2) is 9.47. The summed E-state index contributed by atoms with van der Waals surface area (Å²) in [5, 5.41) is 12.9. The summed E-state index contributed by atoms with van der Waals surface area (Å²) < 4.78 is 2.04. The van der Waals surface area contributed by atoms with Crippen molar-refractivity contribution in [2.45, 2.75) is 50.7 Å². The minimum absolute atomic E-state index is 0.0680. The molecule has 0 spiro atoms. The van der Waals surface area contributed by atoms with Crippen molar-refractivity contribution in [2.24, 2.45) is 5.92 Å². The van der Waals surface area contributed by atoms with Crippen LogP contribution in [0.2, 0.25) is 0 Å². The molecule has 2 atom stereocenters. The Kier molecular flexibility index (Phi) is 6.53. The quantitative estimate of drug-likeness (QED) is 0.568. The van der Waals surface area contributed by atoms with E-state index in [1.807, 2.05) is 47.0 Å². The zero-order valence-corrected chi connectivity index (χ0v) is 18.4. The van der Waals surface area contributed by atoms with Crippen LogP contribution in [-0.4, -0.2) is 32.5 Å². The zero-order valence-electron chi connectivity index (χ0n) is 17.5. The van der Waals surface area contributed by atoms with Crippen LogP contribution in [-0.2, 0) is 4.79 Å². The summed E-state index contributed by atoms with van der Waals surface area (Å²) >= 11 is 1.44. The Bertz CT molecular complexity index is 1000. The van der Waals surface area contributed by atoms with Gasteiger partial charge in [0.05, 0.1) is 5.75 Å². The number of hydrogen-bond donors (Lipinski definition) is 1. The third kappa shape index (κ3) is 4.75. The minimum Gasteiger partial charge on any atom is -0.352 e. The van der Waals surface area contributed by atoms with E-state index >= 15 is 0 Å². The molecule has 0 bridgehead atoms. The fourth-order valence-electron chi connectivity index (χ4n) is 4.05. The number of hydrogen-bond acceptors (Lipinski definition) is 4. The first-order valence-electron chi connectivity index (χ1n) is 10.6. The standard InChI is InChI=1S/C24H28N4OS/c1-17-9-8-11-19(15-17)23-26-27-24(28(23)20-12-4-3-5-13-20)30-16-22(29)25-21-14-7-6-10-18(21)2/h3-5,8-9,11-13,15,18,21H,6-7,10,14,16H2,1-2H3,(H,25,29)/t18-,21+/m1/s1. The van der Waals surface area contributed by atoms with Crippen molar-refractivity contribution in [3.05, 3.63) is 60.2 Å². The monoisotopic (exact) mass is 420 g/mol. The van der Waals surface area contributed by atoms with E-state index in [-0.39, 0.29) is 5.91 Å². The molecule has 1 aliphatic rings. The van der Waals surface area contributed by atoms with Gasteiger partial charge in [0.1, 0.15) is 0 Å². The number of carbonyl (C=O) groups excluding carboxylic acids is 1. The van der Waals surface area contributed by atoms with Crippen LogP contribution in [0.5, 0.6) is 0 Å². The Morgan fingerprint density at radius 3 is 2.67 bits per heavy atom. The highest BCUT2D eigenvalue weighted by molar-refractivity contribution is 7.99. The van der Waals surface area contributed by atoms with Crippen LogP contribution in [0.1, 0.15) is 38.2 Å². The second-order valence-electron chi connectivity index (χ2n) is 8.07. The van der Waals surface area contributed by atoms with E-state index < -0.39 is 0 Å². The maximum Gasteiger partial charge on any atom is 0.230 e. The van der Waals surface area contributed by atoms with Gasteiger partial charge < -0.3 is 5.32 Å². The molecule has 1 saturated carbocycles. The maximum absolute atomic E-state index is 12.6. The Balaban J connectivity index is 1.55. The molecule has 1 N–H and O–H groups in total. The Labute approximate surface area is 182 Å². The topological polar surface area (TPSA) is 59.8 Å². The average molecular weight is 421 g/mol. The molecular weight excluding hydrogens is 392 g/mol. The van der Waals surface area contributed by atoms with Crippen LogP contribution in [0.25, 0.3) is 17.1 Å². The summed E-state index contributed by atoms with van der Waals surface area (Å²) in [7, 11) is 0. The molecule has 1 heterocycles. The van der Waals surface area contributed by atoms with Crippen molar-refractivity contribution in [1.29, 1.82) is 0 Å². The van der Waals surface area contributed by atoms with E-state index in [0.717, 1.165) is 28.7 Å². The van der Waals surface area contributed by atoms with Gasteiger partial charge in [0.2, 0.25) is 5.91 Å². The lowest BCUT2D eigenvalue weighted by Gasteiger charge is -2.29. The zero-order chi connectivity index (χ0) is 20.9. The first-order valence-corrected chi connectivity index (χ1v) is 11.6. The number of rotatable bonds is 6. The van der Waals surface area contributed by atoms with E-state index in [4.69, 9.17) is 0 Å².